The van der Waals surface area contributed by atoms with E-state index in [2.05, 4.69) is 51.2 Å². The molecule has 2 heteroatoms. The Balaban J connectivity index is 2.34. The minimum absolute atomic E-state index is 0.285. The lowest BCUT2D eigenvalue weighted by Gasteiger charge is -2.32. The maximum atomic E-state index is 6.12. The molecule has 1 atom stereocenters. The molecule has 0 fully saturated rings. The summed E-state index contributed by atoms with van der Waals surface area (Å²) in [4.78, 5) is 0. The zero-order chi connectivity index (χ0) is 11.7. The zero-order valence-corrected chi connectivity index (χ0v) is 10.6. The molecule has 16 heavy (non-hydrogen) atoms. The van der Waals surface area contributed by atoms with Crippen LogP contribution in [0, 0.1) is 5.92 Å². The van der Waals surface area contributed by atoms with Gasteiger partial charge < -0.3 is 10.1 Å². The van der Waals surface area contributed by atoms with E-state index >= 15 is 0 Å². The molecule has 88 valence electrons. The summed E-state index contributed by atoms with van der Waals surface area (Å²) in [6.07, 6.45) is 0.285. The first kappa shape index (κ1) is 11.3. The highest BCUT2D eigenvalue weighted by Crippen LogP contribution is 2.37. The number of anilines is 1. The lowest BCUT2D eigenvalue weighted by Crippen LogP contribution is -2.35. The van der Waals surface area contributed by atoms with Crippen LogP contribution in [0.1, 0.15) is 39.2 Å². The van der Waals surface area contributed by atoms with Crippen LogP contribution in [0.4, 0.5) is 5.69 Å². The number of rotatable bonds is 2. The van der Waals surface area contributed by atoms with Crippen LogP contribution in [0.3, 0.4) is 0 Å². The Bertz CT molecular complexity index is 371. The summed E-state index contributed by atoms with van der Waals surface area (Å²) >= 11 is 0. The third-order valence-corrected chi connectivity index (χ3v) is 3.17. The minimum atomic E-state index is 0.285. The van der Waals surface area contributed by atoms with Crippen molar-refractivity contribution in [2.45, 2.75) is 39.7 Å². The van der Waals surface area contributed by atoms with Gasteiger partial charge in [-0.15, -0.1) is 0 Å². The Kier molecular flexibility index (Phi) is 3.08. The van der Waals surface area contributed by atoms with Gasteiger partial charge in [0.15, 0.2) is 0 Å². The van der Waals surface area contributed by atoms with Crippen LogP contribution >= 0.6 is 0 Å². The van der Waals surface area contributed by atoms with Gasteiger partial charge in [0.25, 0.3) is 0 Å². The summed E-state index contributed by atoms with van der Waals surface area (Å²) in [5.74, 6) is 2.10. The van der Waals surface area contributed by atoms with Gasteiger partial charge in [0.1, 0.15) is 11.9 Å². The van der Waals surface area contributed by atoms with Crippen molar-refractivity contribution in [1.29, 1.82) is 0 Å². The summed E-state index contributed by atoms with van der Waals surface area (Å²) in [6, 6.07) is 6.35. The maximum Gasteiger partial charge on any atom is 0.146 e. The van der Waals surface area contributed by atoms with Gasteiger partial charge in [-0.3, -0.25) is 0 Å². The van der Waals surface area contributed by atoms with Crippen molar-refractivity contribution in [3.8, 4) is 5.75 Å². The lowest BCUT2D eigenvalue weighted by atomic mass is 9.99. The van der Waals surface area contributed by atoms with Crippen LogP contribution in [-0.4, -0.2) is 12.6 Å². The molecule has 2 rings (SSSR count). The van der Waals surface area contributed by atoms with Gasteiger partial charge in [-0.1, -0.05) is 39.8 Å². The van der Waals surface area contributed by atoms with E-state index in [9.17, 15) is 0 Å². The van der Waals surface area contributed by atoms with Crippen molar-refractivity contribution in [1.82, 2.24) is 0 Å². The summed E-state index contributed by atoms with van der Waals surface area (Å²) in [5, 5.41) is 3.46. The molecule has 0 bridgehead atoms. The Labute approximate surface area is 98.0 Å². The Morgan fingerprint density at radius 3 is 2.62 bits per heavy atom. The largest absolute Gasteiger partial charge is 0.486 e. The normalized spacial score (nSPS) is 19.2. The van der Waals surface area contributed by atoms with Gasteiger partial charge >= 0.3 is 0 Å². The van der Waals surface area contributed by atoms with E-state index < -0.39 is 0 Å². The van der Waals surface area contributed by atoms with Crippen LogP contribution < -0.4 is 10.1 Å². The first-order valence-electron chi connectivity index (χ1n) is 6.13. The fourth-order valence-electron chi connectivity index (χ4n) is 2.06. The second-order valence-corrected chi connectivity index (χ2v) is 5.16. The van der Waals surface area contributed by atoms with Gasteiger partial charge in [0.2, 0.25) is 0 Å². The zero-order valence-electron chi connectivity index (χ0n) is 10.6. The molecule has 1 aromatic carbocycles. The van der Waals surface area contributed by atoms with E-state index in [4.69, 9.17) is 4.74 Å². The summed E-state index contributed by atoms with van der Waals surface area (Å²) in [5.41, 5.74) is 2.44. The standard InChI is InChI=1S/C14H21NO/c1-9(2)11-6-5-7-12-14(11)16-13(8-15-12)10(3)4/h5-7,9-10,13,15H,8H2,1-4H3. The molecule has 0 saturated carbocycles. The molecule has 1 aromatic rings. The van der Waals surface area contributed by atoms with Gasteiger partial charge in [-0.2, -0.15) is 0 Å². The fraction of sp³-hybridized carbons (Fsp3) is 0.571. The van der Waals surface area contributed by atoms with E-state index in [-0.39, 0.29) is 6.10 Å². The first-order chi connectivity index (χ1) is 7.59. The third-order valence-electron chi connectivity index (χ3n) is 3.17. The molecule has 1 aliphatic rings. The van der Waals surface area contributed by atoms with Crippen molar-refractivity contribution in [2.75, 3.05) is 11.9 Å². The summed E-state index contributed by atoms with van der Waals surface area (Å²) in [7, 11) is 0. The average Bonchev–Trinajstić information content (AvgIpc) is 2.27. The van der Waals surface area contributed by atoms with Gasteiger partial charge in [-0.25, -0.2) is 0 Å². The number of para-hydroxylation sites is 1. The first-order valence-corrected chi connectivity index (χ1v) is 6.13. The molecule has 0 aromatic heterocycles. The average molecular weight is 219 g/mol. The van der Waals surface area contributed by atoms with Crippen molar-refractivity contribution < 1.29 is 4.74 Å². The van der Waals surface area contributed by atoms with Crippen molar-refractivity contribution in [2.24, 2.45) is 5.92 Å². The van der Waals surface area contributed by atoms with Gasteiger partial charge in [0.05, 0.1) is 12.2 Å². The van der Waals surface area contributed by atoms with E-state index in [0.29, 0.717) is 11.8 Å². The Morgan fingerprint density at radius 1 is 1.25 bits per heavy atom. The second-order valence-electron chi connectivity index (χ2n) is 5.16. The molecular weight excluding hydrogens is 198 g/mol. The van der Waals surface area contributed by atoms with Crippen LogP contribution in [0.2, 0.25) is 0 Å². The monoisotopic (exact) mass is 219 g/mol. The highest BCUT2D eigenvalue weighted by Gasteiger charge is 2.24. The molecule has 1 unspecified atom stereocenters. The smallest absolute Gasteiger partial charge is 0.146 e. The van der Waals surface area contributed by atoms with Crippen molar-refractivity contribution in [3.05, 3.63) is 23.8 Å². The van der Waals surface area contributed by atoms with Gasteiger partial charge in [-0.05, 0) is 23.5 Å². The highest BCUT2D eigenvalue weighted by atomic mass is 16.5. The van der Waals surface area contributed by atoms with Crippen LogP contribution in [0.25, 0.3) is 0 Å². The Hall–Kier alpha value is -1.18. The molecule has 2 nitrogen and oxygen atoms in total. The number of benzene rings is 1. The molecule has 0 saturated heterocycles. The predicted molar refractivity (Wildman–Crippen MR) is 68.3 cm³/mol. The summed E-state index contributed by atoms with van der Waals surface area (Å²) < 4.78 is 6.12. The van der Waals surface area contributed by atoms with Gasteiger partial charge in [0, 0.05) is 0 Å². The SMILES string of the molecule is CC(C)c1cccc2c1OC(C(C)C)CN2. The van der Waals surface area contributed by atoms with E-state index in [1.807, 2.05) is 0 Å². The highest BCUT2D eigenvalue weighted by molar-refractivity contribution is 5.62. The molecule has 0 amide bonds. The van der Waals surface area contributed by atoms with Crippen LogP contribution in [0.15, 0.2) is 18.2 Å². The number of hydrogen-bond acceptors (Lipinski definition) is 2. The number of hydrogen-bond donors (Lipinski definition) is 1. The molecule has 0 aliphatic carbocycles. The second kappa shape index (κ2) is 4.36. The van der Waals surface area contributed by atoms with E-state index in [0.717, 1.165) is 18.0 Å². The van der Waals surface area contributed by atoms with E-state index in [1.165, 1.54) is 5.56 Å². The predicted octanol–water partition coefficient (Wildman–Crippen LogP) is 3.64. The van der Waals surface area contributed by atoms with Crippen LogP contribution in [-0.2, 0) is 0 Å². The number of nitrogens with one attached hydrogen (secondary N) is 1. The fourth-order valence-corrected chi connectivity index (χ4v) is 2.06. The lowest BCUT2D eigenvalue weighted by molar-refractivity contribution is 0.154. The topological polar surface area (TPSA) is 21.3 Å². The molecule has 1 heterocycles. The maximum absolute atomic E-state index is 6.12. The van der Waals surface area contributed by atoms with E-state index in [1.54, 1.807) is 0 Å². The molecular formula is C14H21NO. The van der Waals surface area contributed by atoms with Crippen molar-refractivity contribution in [3.63, 3.8) is 0 Å². The minimum Gasteiger partial charge on any atom is -0.486 e. The quantitative estimate of drug-likeness (QED) is 0.820. The molecule has 0 spiro atoms. The summed E-state index contributed by atoms with van der Waals surface area (Å²) in [6.45, 7) is 9.73. The van der Waals surface area contributed by atoms with Crippen molar-refractivity contribution >= 4 is 5.69 Å². The third kappa shape index (κ3) is 2.01. The molecule has 1 N–H and O–H groups in total. The molecule has 0 radical (unpaired) electrons. The number of ether oxygens (including phenoxy) is 1. The van der Waals surface area contributed by atoms with Crippen LogP contribution in [0.5, 0.6) is 5.75 Å². The Morgan fingerprint density at radius 2 is 2.00 bits per heavy atom. The number of fused-ring (bicyclic) bond motifs is 1. The molecule has 1 aliphatic heterocycles.